The molecule has 16 heavy (non-hydrogen) atoms. The van der Waals surface area contributed by atoms with Crippen molar-refractivity contribution in [3.05, 3.63) is 17.8 Å². The molecule has 4 heteroatoms. The van der Waals surface area contributed by atoms with E-state index in [4.69, 9.17) is 9.15 Å². The number of nitrogens with zero attached hydrogens (tertiary/aromatic N) is 1. The fourth-order valence-electron chi connectivity index (χ4n) is 1.97. The van der Waals surface area contributed by atoms with Crippen molar-refractivity contribution in [3.63, 3.8) is 0 Å². The Morgan fingerprint density at radius 2 is 2.44 bits per heavy atom. The zero-order valence-electron chi connectivity index (χ0n) is 9.87. The van der Waals surface area contributed by atoms with E-state index in [9.17, 15) is 0 Å². The highest BCUT2D eigenvalue weighted by molar-refractivity contribution is 4.99. The summed E-state index contributed by atoms with van der Waals surface area (Å²) in [6, 6.07) is 0. The first-order chi connectivity index (χ1) is 7.90. The lowest BCUT2D eigenvalue weighted by atomic mass is 10.1. The molecule has 0 radical (unpaired) electrons. The molecule has 1 atom stereocenters. The van der Waals surface area contributed by atoms with Gasteiger partial charge in [0, 0.05) is 13.0 Å². The van der Waals surface area contributed by atoms with Crippen LogP contribution in [0.1, 0.15) is 43.4 Å². The molecule has 90 valence electrons. The van der Waals surface area contributed by atoms with Crippen molar-refractivity contribution in [2.45, 2.75) is 38.2 Å². The molecule has 0 bridgehead atoms. The third kappa shape index (κ3) is 3.06. The smallest absolute Gasteiger partial charge is 0.194 e. The van der Waals surface area contributed by atoms with E-state index in [2.05, 4.69) is 10.3 Å². The quantitative estimate of drug-likeness (QED) is 0.778. The van der Waals surface area contributed by atoms with Crippen LogP contribution in [0.3, 0.4) is 0 Å². The Balaban J connectivity index is 1.85. The van der Waals surface area contributed by atoms with E-state index in [-0.39, 0.29) is 6.10 Å². The van der Waals surface area contributed by atoms with Gasteiger partial charge in [0.1, 0.15) is 6.10 Å². The van der Waals surface area contributed by atoms with Crippen LogP contribution in [0.4, 0.5) is 0 Å². The second kappa shape index (κ2) is 6.01. The molecule has 4 nitrogen and oxygen atoms in total. The largest absolute Gasteiger partial charge is 0.443 e. The van der Waals surface area contributed by atoms with Crippen molar-refractivity contribution in [3.8, 4) is 0 Å². The van der Waals surface area contributed by atoms with Gasteiger partial charge in [-0.3, -0.25) is 0 Å². The van der Waals surface area contributed by atoms with Crippen LogP contribution in [-0.4, -0.2) is 25.2 Å². The molecular weight excluding hydrogens is 204 g/mol. The number of oxazole rings is 1. The van der Waals surface area contributed by atoms with Crippen molar-refractivity contribution < 1.29 is 9.15 Å². The summed E-state index contributed by atoms with van der Waals surface area (Å²) < 4.78 is 11.4. The summed E-state index contributed by atoms with van der Waals surface area (Å²) in [4.78, 5) is 4.29. The van der Waals surface area contributed by atoms with E-state index >= 15 is 0 Å². The maximum Gasteiger partial charge on any atom is 0.194 e. The van der Waals surface area contributed by atoms with Gasteiger partial charge in [-0.05, 0) is 39.3 Å². The molecule has 2 heterocycles. The molecule has 1 N–H and O–H groups in total. The van der Waals surface area contributed by atoms with Gasteiger partial charge in [0.2, 0.25) is 0 Å². The number of aryl methyl sites for hydroxylation is 1. The molecule has 1 aliphatic rings. The highest BCUT2D eigenvalue weighted by Crippen LogP contribution is 2.28. The Bertz CT molecular complexity index is 306. The van der Waals surface area contributed by atoms with Crippen LogP contribution in [-0.2, 0) is 11.2 Å². The topological polar surface area (TPSA) is 47.3 Å². The number of hydrogen-bond donors (Lipinski definition) is 1. The summed E-state index contributed by atoms with van der Waals surface area (Å²) in [5, 5.41) is 3.11. The Kier molecular flexibility index (Phi) is 4.36. The van der Waals surface area contributed by atoms with Gasteiger partial charge in [0.15, 0.2) is 11.7 Å². The molecule has 1 fully saturated rings. The molecule has 0 spiro atoms. The molecular formula is C12H20N2O2. The summed E-state index contributed by atoms with van der Waals surface area (Å²) in [5.41, 5.74) is 0. The van der Waals surface area contributed by atoms with Crippen LogP contribution >= 0.6 is 0 Å². The maximum atomic E-state index is 5.71. The van der Waals surface area contributed by atoms with Gasteiger partial charge in [-0.1, -0.05) is 0 Å². The first-order valence-corrected chi connectivity index (χ1v) is 6.11. The van der Waals surface area contributed by atoms with Gasteiger partial charge in [0.25, 0.3) is 0 Å². The molecule has 0 aromatic carbocycles. The van der Waals surface area contributed by atoms with Crippen LogP contribution in [0, 0.1) is 0 Å². The number of nitrogens with one attached hydrogen (secondary N) is 1. The van der Waals surface area contributed by atoms with E-state index in [1.807, 2.05) is 13.2 Å². The molecule has 0 aliphatic carbocycles. The lowest BCUT2D eigenvalue weighted by molar-refractivity contribution is 0.00127. The fraction of sp³-hybridized carbons (Fsp3) is 0.750. The molecule has 0 saturated carbocycles. The number of rotatable bonds is 5. The van der Waals surface area contributed by atoms with E-state index in [0.29, 0.717) is 0 Å². The summed E-state index contributed by atoms with van der Waals surface area (Å²) in [7, 11) is 1.96. The van der Waals surface area contributed by atoms with E-state index in [1.54, 1.807) is 0 Å². The van der Waals surface area contributed by atoms with E-state index in [0.717, 1.165) is 44.1 Å². The van der Waals surface area contributed by atoms with Crippen LogP contribution < -0.4 is 5.32 Å². The average Bonchev–Trinajstić information content (AvgIpc) is 2.79. The van der Waals surface area contributed by atoms with E-state index in [1.165, 1.54) is 12.8 Å². The molecule has 1 saturated heterocycles. The minimum Gasteiger partial charge on any atom is -0.443 e. The van der Waals surface area contributed by atoms with Crippen LogP contribution in [0.15, 0.2) is 10.6 Å². The minimum absolute atomic E-state index is 0.138. The van der Waals surface area contributed by atoms with Gasteiger partial charge >= 0.3 is 0 Å². The predicted molar refractivity (Wildman–Crippen MR) is 61.3 cm³/mol. The molecule has 1 aromatic rings. The molecule has 2 rings (SSSR count). The van der Waals surface area contributed by atoms with Gasteiger partial charge in [-0.2, -0.15) is 0 Å². The highest BCUT2D eigenvalue weighted by atomic mass is 16.5. The summed E-state index contributed by atoms with van der Waals surface area (Å²) in [5.74, 6) is 1.73. The van der Waals surface area contributed by atoms with Gasteiger partial charge in [0.05, 0.1) is 6.20 Å². The predicted octanol–water partition coefficient (Wildman–Crippen LogP) is 2.07. The SMILES string of the molecule is CNCCCc1ncc(C2CCCCO2)o1. The Hall–Kier alpha value is -0.870. The van der Waals surface area contributed by atoms with Crippen LogP contribution in [0.5, 0.6) is 0 Å². The maximum absolute atomic E-state index is 5.71. The zero-order valence-corrected chi connectivity index (χ0v) is 9.87. The Morgan fingerprint density at radius 1 is 1.50 bits per heavy atom. The van der Waals surface area contributed by atoms with Gasteiger partial charge < -0.3 is 14.5 Å². The van der Waals surface area contributed by atoms with Gasteiger partial charge in [-0.15, -0.1) is 0 Å². The normalized spacial score (nSPS) is 21.2. The second-order valence-electron chi connectivity index (χ2n) is 4.22. The van der Waals surface area contributed by atoms with Crippen molar-refractivity contribution in [1.82, 2.24) is 10.3 Å². The Morgan fingerprint density at radius 3 is 3.19 bits per heavy atom. The molecule has 1 aromatic heterocycles. The standard InChI is InChI=1S/C12H20N2O2/c1-13-7-4-6-12-14-9-11(16-12)10-5-2-3-8-15-10/h9-10,13H,2-8H2,1H3. The van der Waals surface area contributed by atoms with Gasteiger partial charge in [-0.25, -0.2) is 4.98 Å². The zero-order chi connectivity index (χ0) is 11.2. The molecule has 1 unspecified atom stereocenters. The third-order valence-corrected chi connectivity index (χ3v) is 2.89. The van der Waals surface area contributed by atoms with Crippen molar-refractivity contribution in [2.75, 3.05) is 20.2 Å². The van der Waals surface area contributed by atoms with Crippen LogP contribution in [0.25, 0.3) is 0 Å². The molecule has 0 amide bonds. The first-order valence-electron chi connectivity index (χ1n) is 6.11. The molecule has 1 aliphatic heterocycles. The average molecular weight is 224 g/mol. The first kappa shape index (κ1) is 11.6. The second-order valence-corrected chi connectivity index (χ2v) is 4.22. The summed E-state index contributed by atoms with van der Waals surface area (Å²) >= 11 is 0. The van der Waals surface area contributed by atoms with Crippen LogP contribution in [0.2, 0.25) is 0 Å². The van der Waals surface area contributed by atoms with Crippen molar-refractivity contribution >= 4 is 0 Å². The summed E-state index contributed by atoms with van der Waals surface area (Å²) in [6.45, 7) is 1.85. The monoisotopic (exact) mass is 224 g/mol. The van der Waals surface area contributed by atoms with E-state index < -0.39 is 0 Å². The summed E-state index contributed by atoms with van der Waals surface area (Å²) in [6.07, 6.45) is 7.37. The third-order valence-electron chi connectivity index (χ3n) is 2.89. The fourth-order valence-corrected chi connectivity index (χ4v) is 1.97. The number of ether oxygens (including phenoxy) is 1. The highest BCUT2D eigenvalue weighted by Gasteiger charge is 2.19. The minimum atomic E-state index is 0.138. The lowest BCUT2D eigenvalue weighted by Gasteiger charge is -2.19. The lowest BCUT2D eigenvalue weighted by Crippen LogP contribution is -2.10. The Labute approximate surface area is 96.4 Å². The number of aromatic nitrogens is 1. The van der Waals surface area contributed by atoms with Crippen molar-refractivity contribution in [1.29, 1.82) is 0 Å². The van der Waals surface area contributed by atoms with Crippen molar-refractivity contribution in [2.24, 2.45) is 0 Å². The number of hydrogen-bond acceptors (Lipinski definition) is 4.